The summed E-state index contributed by atoms with van der Waals surface area (Å²) in [6.45, 7) is 11.3. The lowest BCUT2D eigenvalue weighted by Crippen LogP contribution is -2.41. The molecule has 0 fully saturated rings. The van der Waals surface area contributed by atoms with Gasteiger partial charge in [0.15, 0.2) is 0 Å². The third-order valence-corrected chi connectivity index (χ3v) is 5.98. The molecule has 0 spiro atoms. The van der Waals surface area contributed by atoms with Gasteiger partial charge in [0.25, 0.3) is 0 Å². The van der Waals surface area contributed by atoms with Gasteiger partial charge in [0, 0.05) is 42.6 Å². The fourth-order valence-electron chi connectivity index (χ4n) is 3.83. The zero-order chi connectivity index (χ0) is 22.9. The molecule has 0 saturated heterocycles. The molecular formula is C24H30N6O2. The first-order valence-electron chi connectivity index (χ1n) is 11.0. The van der Waals surface area contributed by atoms with Gasteiger partial charge >= 0.3 is 0 Å². The van der Waals surface area contributed by atoms with Crippen LogP contribution in [0.2, 0.25) is 0 Å². The van der Waals surface area contributed by atoms with Crippen molar-refractivity contribution in [3.63, 3.8) is 0 Å². The summed E-state index contributed by atoms with van der Waals surface area (Å²) >= 11 is 0. The average molecular weight is 435 g/mol. The van der Waals surface area contributed by atoms with Crippen molar-refractivity contribution in [2.75, 3.05) is 10.2 Å². The molecule has 32 heavy (non-hydrogen) atoms. The highest BCUT2D eigenvalue weighted by atomic mass is 16.5. The summed E-state index contributed by atoms with van der Waals surface area (Å²) in [6, 6.07) is 10.1. The highest BCUT2D eigenvalue weighted by Crippen LogP contribution is 2.41. The van der Waals surface area contributed by atoms with Crippen LogP contribution in [0.1, 0.15) is 56.7 Å². The second-order valence-corrected chi connectivity index (χ2v) is 8.84. The molecule has 1 aliphatic heterocycles. The van der Waals surface area contributed by atoms with Crippen LogP contribution < -0.4 is 15.5 Å². The molecule has 4 rings (SSSR count). The number of rotatable bonds is 8. The quantitative estimate of drug-likeness (QED) is 0.548. The molecule has 3 aromatic rings. The predicted molar refractivity (Wildman–Crippen MR) is 124 cm³/mol. The normalized spacial score (nSPS) is 15.7. The van der Waals surface area contributed by atoms with E-state index in [1.165, 1.54) is 0 Å². The van der Waals surface area contributed by atoms with Crippen molar-refractivity contribution in [3.8, 4) is 0 Å². The molecule has 1 aromatic carbocycles. The lowest BCUT2D eigenvalue weighted by molar-refractivity contribution is -0.122. The molecule has 0 aliphatic carbocycles. The fraction of sp³-hybridized carbons (Fsp3) is 0.417. The molecule has 0 saturated carbocycles. The topological polar surface area (TPSA) is 96.2 Å². The van der Waals surface area contributed by atoms with Gasteiger partial charge in [0.1, 0.15) is 11.6 Å². The average Bonchev–Trinajstić information content (AvgIpc) is 3.27. The monoisotopic (exact) mass is 434 g/mol. The van der Waals surface area contributed by atoms with E-state index >= 15 is 0 Å². The molecule has 2 N–H and O–H groups in total. The van der Waals surface area contributed by atoms with Gasteiger partial charge in [-0.1, -0.05) is 24.2 Å². The Morgan fingerprint density at radius 1 is 1.19 bits per heavy atom. The van der Waals surface area contributed by atoms with Gasteiger partial charge in [0.2, 0.25) is 11.9 Å². The molecule has 2 aromatic heterocycles. The number of fused-ring (bicyclic) bond motifs is 1. The van der Waals surface area contributed by atoms with E-state index in [1.54, 1.807) is 6.20 Å². The van der Waals surface area contributed by atoms with Gasteiger partial charge in [-0.15, -0.1) is 0 Å². The number of anilines is 3. The lowest BCUT2D eigenvalue weighted by atomic mass is 9.88. The smallest absolute Gasteiger partial charge is 0.238 e. The Bertz CT molecular complexity index is 1110. The molecule has 168 valence electrons. The highest BCUT2D eigenvalue weighted by Gasteiger charge is 2.46. The highest BCUT2D eigenvalue weighted by molar-refractivity contribution is 6.07. The minimum atomic E-state index is -0.614. The maximum Gasteiger partial charge on any atom is 0.238 e. The van der Waals surface area contributed by atoms with Crippen LogP contribution in [-0.4, -0.2) is 27.1 Å². The summed E-state index contributed by atoms with van der Waals surface area (Å²) < 4.78 is 5.08. The van der Waals surface area contributed by atoms with Crippen LogP contribution in [0, 0.1) is 6.92 Å². The van der Waals surface area contributed by atoms with Crippen molar-refractivity contribution in [1.29, 1.82) is 0 Å². The lowest BCUT2D eigenvalue weighted by Gasteiger charge is -2.25. The molecule has 0 bridgehead atoms. The minimum Gasteiger partial charge on any atom is -0.361 e. The Morgan fingerprint density at radius 2 is 1.94 bits per heavy atom. The number of nitrogens with zero attached hydrogens (tertiary/aromatic N) is 4. The van der Waals surface area contributed by atoms with Crippen LogP contribution in [-0.2, 0) is 23.3 Å². The van der Waals surface area contributed by atoms with E-state index in [-0.39, 0.29) is 11.9 Å². The molecule has 1 aliphatic rings. The molecule has 8 heteroatoms. The fourth-order valence-corrected chi connectivity index (χ4v) is 3.83. The molecule has 1 atom stereocenters. The number of nitrogens with one attached hydrogen (secondary N) is 2. The Kier molecular flexibility index (Phi) is 5.97. The number of carbonyl (C=O) groups is 1. The molecule has 1 unspecified atom stereocenters. The number of hydrogen-bond acceptors (Lipinski definition) is 7. The van der Waals surface area contributed by atoms with Crippen molar-refractivity contribution < 1.29 is 9.32 Å². The van der Waals surface area contributed by atoms with Gasteiger partial charge in [0.05, 0.1) is 11.1 Å². The van der Waals surface area contributed by atoms with E-state index in [2.05, 4.69) is 46.8 Å². The van der Waals surface area contributed by atoms with Crippen molar-refractivity contribution >= 4 is 23.4 Å². The molecule has 3 heterocycles. The van der Waals surface area contributed by atoms with Crippen LogP contribution in [0.4, 0.5) is 17.5 Å². The summed E-state index contributed by atoms with van der Waals surface area (Å²) in [5.74, 6) is 2.07. The predicted octanol–water partition coefficient (Wildman–Crippen LogP) is 4.23. The van der Waals surface area contributed by atoms with Crippen LogP contribution in [0.25, 0.3) is 0 Å². The number of aromatic nitrogens is 3. The van der Waals surface area contributed by atoms with E-state index in [0.29, 0.717) is 18.3 Å². The molecule has 1 amide bonds. The van der Waals surface area contributed by atoms with Crippen molar-refractivity contribution in [2.24, 2.45) is 0 Å². The van der Waals surface area contributed by atoms with Crippen molar-refractivity contribution in [3.05, 3.63) is 59.1 Å². The first kappa shape index (κ1) is 22.0. The Morgan fingerprint density at radius 3 is 2.59 bits per heavy atom. The second kappa shape index (κ2) is 8.70. The van der Waals surface area contributed by atoms with Gasteiger partial charge in [-0.05, 0) is 51.8 Å². The summed E-state index contributed by atoms with van der Waals surface area (Å²) in [5, 5.41) is 10.6. The second-order valence-electron chi connectivity index (χ2n) is 8.84. The van der Waals surface area contributed by atoms with E-state index in [1.807, 2.05) is 43.9 Å². The molecule has 8 nitrogen and oxygen atoms in total. The first-order valence-corrected chi connectivity index (χ1v) is 11.0. The largest absolute Gasteiger partial charge is 0.361 e. The van der Waals surface area contributed by atoms with E-state index in [4.69, 9.17) is 9.51 Å². The minimum absolute atomic E-state index is 0.0749. The molecular weight excluding hydrogens is 404 g/mol. The molecule has 0 radical (unpaired) electrons. The van der Waals surface area contributed by atoms with E-state index in [9.17, 15) is 4.79 Å². The zero-order valence-electron chi connectivity index (χ0n) is 19.3. The van der Waals surface area contributed by atoms with Gasteiger partial charge in [-0.3, -0.25) is 9.69 Å². The summed E-state index contributed by atoms with van der Waals surface area (Å²) in [6.07, 6.45) is 2.63. The number of carbonyl (C=O) groups excluding carboxylic acids is 1. The van der Waals surface area contributed by atoms with E-state index < -0.39 is 5.41 Å². The van der Waals surface area contributed by atoms with Gasteiger partial charge in [-0.2, -0.15) is 4.98 Å². The third kappa shape index (κ3) is 4.23. The van der Waals surface area contributed by atoms with Crippen LogP contribution in [0.5, 0.6) is 0 Å². The maximum atomic E-state index is 13.0. The summed E-state index contributed by atoms with van der Waals surface area (Å²) in [7, 11) is 0. The Labute approximate surface area is 188 Å². The summed E-state index contributed by atoms with van der Waals surface area (Å²) in [5.41, 5.74) is 3.19. The van der Waals surface area contributed by atoms with Gasteiger partial charge in [-0.25, -0.2) is 4.98 Å². The standard InChI is InChI=1S/C24H30N6O2/c1-6-15(2)30-21-20(24(4,5)22(30)31)14-26-23(28-21)27-18-9-7-17(8-10-18)12-25-13-19-11-16(3)32-29-19/h7-11,14-15,25H,6,12-13H2,1-5H3,(H,26,27,28). The van der Waals surface area contributed by atoms with Crippen molar-refractivity contribution in [1.82, 2.24) is 20.4 Å². The SMILES string of the molecule is CCC(C)N1C(=O)C(C)(C)c2cnc(Nc3ccc(CNCc4cc(C)on4)cc3)nc21. The van der Waals surface area contributed by atoms with Crippen molar-refractivity contribution in [2.45, 2.75) is 65.6 Å². The van der Waals surface area contributed by atoms with Crippen LogP contribution in [0.15, 0.2) is 41.1 Å². The Hall–Kier alpha value is -3.26. The van der Waals surface area contributed by atoms with Crippen LogP contribution in [0.3, 0.4) is 0 Å². The number of benzene rings is 1. The number of hydrogen-bond donors (Lipinski definition) is 2. The third-order valence-electron chi connectivity index (χ3n) is 5.98. The van der Waals surface area contributed by atoms with E-state index in [0.717, 1.165) is 41.2 Å². The zero-order valence-corrected chi connectivity index (χ0v) is 19.3. The van der Waals surface area contributed by atoms with Gasteiger partial charge < -0.3 is 15.2 Å². The first-order chi connectivity index (χ1) is 15.3. The maximum absolute atomic E-state index is 13.0. The summed E-state index contributed by atoms with van der Waals surface area (Å²) in [4.78, 5) is 24.0. The van der Waals surface area contributed by atoms with Crippen LogP contribution >= 0.6 is 0 Å². The number of aryl methyl sites for hydroxylation is 1. The Balaban J connectivity index is 1.43. The number of amides is 1.